The lowest BCUT2D eigenvalue weighted by Gasteiger charge is -2.25. The van der Waals surface area contributed by atoms with Gasteiger partial charge >= 0.3 is 5.97 Å². The van der Waals surface area contributed by atoms with Crippen molar-refractivity contribution in [2.75, 3.05) is 12.3 Å². The summed E-state index contributed by atoms with van der Waals surface area (Å²) < 4.78 is 0. The Morgan fingerprint density at radius 1 is 0.973 bits per heavy atom. The number of H-pyrrole nitrogens is 1. The number of carbonyl (C=O) groups excluding carboxylic acids is 3. The fourth-order valence-corrected chi connectivity index (χ4v) is 4.04. The van der Waals surface area contributed by atoms with E-state index in [9.17, 15) is 24.3 Å². The number of hydrogen-bond donors (Lipinski definition) is 8. The molecule has 1 heterocycles. The zero-order valence-electron chi connectivity index (χ0n) is 21.2. The Balaban J connectivity index is 2.29. The summed E-state index contributed by atoms with van der Waals surface area (Å²) in [4.78, 5) is 53.7. The van der Waals surface area contributed by atoms with E-state index in [1.807, 2.05) is 24.3 Å². The lowest BCUT2D eigenvalue weighted by Crippen LogP contribution is -2.58. The minimum atomic E-state index is -1.23. The molecule has 9 N–H and O–H groups in total. The number of fused-ring (bicyclic) bond motifs is 1. The highest BCUT2D eigenvalue weighted by atomic mass is 32.1. The first-order valence-corrected chi connectivity index (χ1v) is 13.0. The number of aromatic nitrogens is 1. The molecule has 2 rings (SSSR count). The van der Waals surface area contributed by atoms with Gasteiger partial charge in [-0.3, -0.25) is 14.4 Å². The average Bonchev–Trinajstić information content (AvgIpc) is 3.28. The Morgan fingerprint density at radius 3 is 2.22 bits per heavy atom. The Hall–Kier alpha value is -3.09. The first kappa shape index (κ1) is 30.1. The molecule has 3 amide bonds. The van der Waals surface area contributed by atoms with Crippen molar-refractivity contribution in [3.05, 3.63) is 36.0 Å². The third-order valence-corrected chi connectivity index (χ3v) is 6.50. The maximum Gasteiger partial charge on any atom is 0.327 e. The number of aromatic amines is 1. The minimum absolute atomic E-state index is 0.114. The second-order valence-electron chi connectivity index (χ2n) is 9.32. The maximum absolute atomic E-state index is 13.5. The van der Waals surface area contributed by atoms with Crippen LogP contribution in [0.15, 0.2) is 30.5 Å². The van der Waals surface area contributed by atoms with Crippen LogP contribution in [-0.4, -0.2) is 70.2 Å². The van der Waals surface area contributed by atoms with Crippen LogP contribution in [0.4, 0.5) is 0 Å². The normalized spacial score (nSPS) is 14.5. The fraction of sp³-hybridized carbons (Fsp3) is 0.520. The van der Waals surface area contributed by atoms with Crippen molar-refractivity contribution in [1.82, 2.24) is 20.9 Å². The average molecular weight is 535 g/mol. The molecule has 0 aliphatic rings. The van der Waals surface area contributed by atoms with Gasteiger partial charge in [0.05, 0.1) is 6.04 Å². The van der Waals surface area contributed by atoms with E-state index in [2.05, 4.69) is 33.6 Å². The van der Waals surface area contributed by atoms with E-state index < -0.39 is 47.9 Å². The van der Waals surface area contributed by atoms with Gasteiger partial charge in [-0.15, -0.1) is 0 Å². The zero-order valence-corrected chi connectivity index (χ0v) is 22.1. The number of thiol groups is 1. The maximum atomic E-state index is 13.5. The predicted molar refractivity (Wildman–Crippen MR) is 145 cm³/mol. The molecule has 37 heavy (non-hydrogen) atoms. The second kappa shape index (κ2) is 14.6. The quantitative estimate of drug-likeness (QED) is 0.119. The topological polar surface area (TPSA) is 192 Å². The van der Waals surface area contributed by atoms with Crippen LogP contribution < -0.4 is 27.4 Å². The monoisotopic (exact) mass is 534 g/mol. The van der Waals surface area contributed by atoms with Crippen LogP contribution in [0.1, 0.15) is 38.7 Å². The molecule has 2 aromatic rings. The Morgan fingerprint density at radius 2 is 1.59 bits per heavy atom. The Kier molecular flexibility index (Phi) is 11.9. The van der Waals surface area contributed by atoms with Gasteiger partial charge in [0.1, 0.15) is 18.1 Å². The largest absolute Gasteiger partial charge is 0.480 e. The van der Waals surface area contributed by atoms with Crippen LogP contribution in [0.5, 0.6) is 0 Å². The molecule has 0 radical (unpaired) electrons. The molecular formula is C25H38N6O5S. The molecule has 0 fully saturated rings. The van der Waals surface area contributed by atoms with Crippen molar-refractivity contribution < 1.29 is 24.3 Å². The number of aliphatic carboxylic acids is 1. The molecular weight excluding hydrogens is 496 g/mol. The van der Waals surface area contributed by atoms with Gasteiger partial charge in [0.25, 0.3) is 0 Å². The number of carboxylic acids is 1. The summed E-state index contributed by atoms with van der Waals surface area (Å²) in [6.45, 7) is 4.01. The highest BCUT2D eigenvalue weighted by molar-refractivity contribution is 7.80. The zero-order chi connectivity index (χ0) is 27.5. The summed E-state index contributed by atoms with van der Waals surface area (Å²) >= 11 is 3.98. The summed E-state index contributed by atoms with van der Waals surface area (Å²) in [6, 6.07) is 3.48. The van der Waals surface area contributed by atoms with Gasteiger partial charge in [-0.05, 0) is 43.4 Å². The van der Waals surface area contributed by atoms with Gasteiger partial charge in [0.2, 0.25) is 17.7 Å². The summed E-state index contributed by atoms with van der Waals surface area (Å²) in [6.07, 6.45) is 3.32. The van der Waals surface area contributed by atoms with E-state index in [1.165, 1.54) is 0 Å². The third-order valence-electron chi connectivity index (χ3n) is 6.13. The smallest absolute Gasteiger partial charge is 0.327 e. The number of para-hydroxylation sites is 1. The lowest BCUT2D eigenvalue weighted by molar-refractivity contribution is -0.141. The highest BCUT2D eigenvalue weighted by Crippen LogP contribution is 2.19. The molecule has 11 nitrogen and oxygen atoms in total. The highest BCUT2D eigenvalue weighted by Gasteiger charge is 2.31. The van der Waals surface area contributed by atoms with Crippen LogP contribution in [0.2, 0.25) is 0 Å². The molecule has 204 valence electrons. The molecule has 0 unspecified atom stereocenters. The molecule has 1 aromatic heterocycles. The summed E-state index contributed by atoms with van der Waals surface area (Å²) in [5.74, 6) is -3.22. The van der Waals surface area contributed by atoms with Gasteiger partial charge in [0, 0.05) is 29.3 Å². The van der Waals surface area contributed by atoms with Gasteiger partial charge in [0.15, 0.2) is 0 Å². The number of nitrogens with one attached hydrogen (secondary N) is 4. The van der Waals surface area contributed by atoms with Crippen LogP contribution in [0.3, 0.4) is 0 Å². The van der Waals surface area contributed by atoms with E-state index in [1.54, 1.807) is 20.0 Å². The van der Waals surface area contributed by atoms with Gasteiger partial charge in [-0.1, -0.05) is 32.0 Å². The van der Waals surface area contributed by atoms with Gasteiger partial charge in [-0.2, -0.15) is 12.6 Å². The number of nitrogens with two attached hydrogens (primary N) is 2. The van der Waals surface area contributed by atoms with E-state index in [0.717, 1.165) is 16.5 Å². The summed E-state index contributed by atoms with van der Waals surface area (Å²) in [7, 11) is 0. The van der Waals surface area contributed by atoms with E-state index in [0.29, 0.717) is 19.4 Å². The first-order valence-electron chi connectivity index (χ1n) is 12.3. The number of unbranched alkanes of at least 4 members (excludes halogenated alkanes) is 1. The molecule has 0 bridgehead atoms. The molecule has 0 saturated heterocycles. The molecule has 0 saturated carbocycles. The Bertz CT molecular complexity index is 1070. The van der Waals surface area contributed by atoms with Gasteiger partial charge in [-0.25, -0.2) is 4.79 Å². The number of hydrogen-bond acceptors (Lipinski definition) is 7. The number of amides is 3. The van der Waals surface area contributed by atoms with Crippen molar-refractivity contribution in [2.24, 2.45) is 17.4 Å². The second-order valence-corrected chi connectivity index (χ2v) is 9.69. The lowest BCUT2D eigenvalue weighted by atomic mass is 10.0. The van der Waals surface area contributed by atoms with Crippen LogP contribution in [0.25, 0.3) is 10.9 Å². The number of carboxylic acid groups (broad SMARTS) is 1. The number of rotatable bonds is 15. The van der Waals surface area contributed by atoms with Gasteiger partial charge < -0.3 is 37.5 Å². The first-order chi connectivity index (χ1) is 17.6. The molecule has 0 spiro atoms. The van der Waals surface area contributed by atoms with E-state index in [4.69, 9.17) is 11.5 Å². The molecule has 4 atom stereocenters. The van der Waals surface area contributed by atoms with Crippen molar-refractivity contribution in [2.45, 2.75) is 63.7 Å². The van der Waals surface area contributed by atoms with E-state index >= 15 is 0 Å². The van der Waals surface area contributed by atoms with Crippen molar-refractivity contribution in [1.29, 1.82) is 0 Å². The number of carbonyl (C=O) groups is 4. The Labute approximate surface area is 221 Å². The molecule has 0 aliphatic heterocycles. The molecule has 12 heteroatoms. The van der Waals surface area contributed by atoms with E-state index in [-0.39, 0.29) is 24.5 Å². The summed E-state index contributed by atoms with van der Waals surface area (Å²) in [5.41, 5.74) is 13.3. The summed E-state index contributed by atoms with van der Waals surface area (Å²) in [5, 5.41) is 18.0. The third kappa shape index (κ3) is 8.76. The SMILES string of the molecule is CC(C)[C@H](N)C(=O)N[C@@H](Cc1c[nH]c2ccccc12)C(=O)N[C@@H](CCCCN)C(=O)N[C@@H](CS)C(=O)O. The molecule has 1 aromatic carbocycles. The minimum Gasteiger partial charge on any atom is -0.480 e. The van der Waals surface area contributed by atoms with Crippen LogP contribution >= 0.6 is 12.6 Å². The van der Waals surface area contributed by atoms with Crippen molar-refractivity contribution >= 4 is 47.2 Å². The standard InChI is InChI=1S/C25H38N6O5S/c1-14(2)21(27)24(34)30-19(11-15-12-28-17-8-4-3-7-16(15)17)23(33)29-18(9-5-6-10-26)22(32)31-20(13-37)25(35)36/h3-4,7-8,12,14,18-21,28,37H,5-6,9-11,13,26-27H2,1-2H3,(H,29,33)(H,30,34)(H,31,32)(H,35,36)/t18-,19-,20-,21-/m0/s1. The number of benzene rings is 1. The van der Waals surface area contributed by atoms with Crippen molar-refractivity contribution in [3.8, 4) is 0 Å². The van der Waals surface area contributed by atoms with Crippen molar-refractivity contribution in [3.63, 3.8) is 0 Å². The van der Waals surface area contributed by atoms with Crippen LogP contribution in [-0.2, 0) is 25.6 Å². The molecule has 0 aliphatic carbocycles. The fourth-order valence-electron chi connectivity index (χ4n) is 3.79. The predicted octanol–water partition coefficient (Wildman–Crippen LogP) is 0.292. The van der Waals surface area contributed by atoms with Crippen LogP contribution in [0, 0.1) is 5.92 Å².